The molecular formula is C13H16N4O2. The number of phenols is 1. The number of aromatic amines is 1. The van der Waals surface area contributed by atoms with Crippen LogP contribution in [-0.4, -0.2) is 26.2 Å². The van der Waals surface area contributed by atoms with Crippen LogP contribution in [-0.2, 0) is 0 Å². The summed E-state index contributed by atoms with van der Waals surface area (Å²) in [6.45, 7) is 4.18. The van der Waals surface area contributed by atoms with Crippen molar-refractivity contribution in [1.29, 1.82) is 0 Å². The van der Waals surface area contributed by atoms with E-state index in [0.717, 1.165) is 12.0 Å². The topological polar surface area (TPSA) is 90.9 Å². The number of carbonyl (C=O) groups is 1. The molecule has 2 rings (SSSR count). The molecule has 1 amide bonds. The van der Waals surface area contributed by atoms with Gasteiger partial charge in [0.1, 0.15) is 12.1 Å². The normalized spacial score (nSPS) is 12.1. The molecule has 6 nitrogen and oxygen atoms in total. The van der Waals surface area contributed by atoms with E-state index in [1.165, 1.54) is 6.33 Å². The first-order valence-electron chi connectivity index (χ1n) is 6.11. The largest absolute Gasteiger partial charge is 0.506 e. The minimum absolute atomic E-state index is 0.0277. The van der Waals surface area contributed by atoms with Crippen molar-refractivity contribution in [2.75, 3.05) is 5.32 Å². The van der Waals surface area contributed by atoms with Crippen LogP contribution >= 0.6 is 0 Å². The van der Waals surface area contributed by atoms with Crippen LogP contribution in [0.15, 0.2) is 24.5 Å². The molecule has 0 bridgehead atoms. The summed E-state index contributed by atoms with van der Waals surface area (Å²) >= 11 is 0. The molecule has 19 heavy (non-hydrogen) atoms. The average molecular weight is 260 g/mol. The molecule has 0 fully saturated rings. The lowest BCUT2D eigenvalue weighted by atomic mass is 9.98. The first-order chi connectivity index (χ1) is 9.11. The zero-order chi connectivity index (χ0) is 13.8. The summed E-state index contributed by atoms with van der Waals surface area (Å²) in [7, 11) is 0. The molecule has 0 saturated carbocycles. The van der Waals surface area contributed by atoms with E-state index in [4.69, 9.17) is 0 Å². The van der Waals surface area contributed by atoms with Crippen LogP contribution in [0.3, 0.4) is 0 Å². The molecule has 0 aliphatic heterocycles. The van der Waals surface area contributed by atoms with Crippen LogP contribution in [0, 0.1) is 0 Å². The molecule has 1 aromatic carbocycles. The third kappa shape index (κ3) is 2.90. The number of amides is 1. The van der Waals surface area contributed by atoms with Crippen molar-refractivity contribution in [2.45, 2.75) is 26.2 Å². The molecule has 0 saturated heterocycles. The van der Waals surface area contributed by atoms with Crippen molar-refractivity contribution in [1.82, 2.24) is 15.2 Å². The Hall–Kier alpha value is -2.37. The lowest BCUT2D eigenvalue weighted by molar-refractivity contribution is 0.101. The number of phenolic OH excluding ortho intramolecular Hbond substituents is 1. The van der Waals surface area contributed by atoms with E-state index in [-0.39, 0.29) is 11.6 Å². The van der Waals surface area contributed by atoms with Gasteiger partial charge in [-0.1, -0.05) is 19.9 Å². The number of rotatable bonds is 4. The number of aromatic hydroxyl groups is 1. The maximum Gasteiger partial charge on any atom is 0.293 e. The fourth-order valence-electron chi connectivity index (χ4n) is 1.69. The molecule has 1 aromatic heterocycles. The van der Waals surface area contributed by atoms with E-state index in [1.54, 1.807) is 12.1 Å². The van der Waals surface area contributed by atoms with Crippen LogP contribution in [0.2, 0.25) is 0 Å². The van der Waals surface area contributed by atoms with Gasteiger partial charge >= 0.3 is 0 Å². The molecule has 100 valence electrons. The van der Waals surface area contributed by atoms with Gasteiger partial charge in [0.15, 0.2) is 0 Å². The molecular weight excluding hydrogens is 244 g/mol. The first kappa shape index (κ1) is 13.1. The number of hydrogen-bond donors (Lipinski definition) is 3. The van der Waals surface area contributed by atoms with Gasteiger partial charge in [-0.25, -0.2) is 4.98 Å². The second kappa shape index (κ2) is 5.51. The Morgan fingerprint density at radius 3 is 2.95 bits per heavy atom. The molecule has 1 atom stereocenters. The maximum atomic E-state index is 11.8. The molecule has 0 unspecified atom stereocenters. The summed E-state index contributed by atoms with van der Waals surface area (Å²) in [5.41, 5.74) is 1.44. The number of H-pyrrole nitrogens is 1. The summed E-state index contributed by atoms with van der Waals surface area (Å²) in [4.78, 5) is 15.6. The van der Waals surface area contributed by atoms with Crippen LogP contribution in [0.4, 0.5) is 5.69 Å². The van der Waals surface area contributed by atoms with Crippen molar-refractivity contribution in [3.05, 3.63) is 35.9 Å². The van der Waals surface area contributed by atoms with Gasteiger partial charge in [-0.15, -0.1) is 0 Å². The van der Waals surface area contributed by atoms with E-state index in [2.05, 4.69) is 34.3 Å². The van der Waals surface area contributed by atoms with Gasteiger partial charge < -0.3 is 10.4 Å². The molecule has 3 N–H and O–H groups in total. The van der Waals surface area contributed by atoms with Crippen molar-refractivity contribution in [2.24, 2.45) is 0 Å². The molecule has 1 heterocycles. The van der Waals surface area contributed by atoms with Crippen LogP contribution in [0.25, 0.3) is 0 Å². The third-order valence-corrected chi connectivity index (χ3v) is 3.08. The quantitative estimate of drug-likeness (QED) is 0.735. The van der Waals surface area contributed by atoms with Gasteiger partial charge in [-0.05, 0) is 30.0 Å². The zero-order valence-corrected chi connectivity index (χ0v) is 10.8. The number of carbonyl (C=O) groups excluding carboxylic acids is 1. The minimum atomic E-state index is -0.436. The van der Waals surface area contributed by atoms with Gasteiger partial charge in [-0.2, -0.15) is 5.10 Å². The van der Waals surface area contributed by atoms with Gasteiger partial charge in [0.25, 0.3) is 5.91 Å². The fraction of sp³-hybridized carbons (Fsp3) is 0.308. The Balaban J connectivity index is 2.22. The van der Waals surface area contributed by atoms with Gasteiger partial charge in [0, 0.05) is 0 Å². The van der Waals surface area contributed by atoms with E-state index in [9.17, 15) is 9.90 Å². The lowest BCUT2D eigenvalue weighted by Crippen LogP contribution is -2.14. The molecule has 2 aromatic rings. The van der Waals surface area contributed by atoms with E-state index >= 15 is 0 Å². The summed E-state index contributed by atoms with van der Waals surface area (Å²) in [5.74, 6) is 0.0592. The Labute approximate surface area is 110 Å². The molecule has 0 radical (unpaired) electrons. The second-order valence-corrected chi connectivity index (χ2v) is 4.37. The number of aromatic nitrogens is 3. The Kier molecular flexibility index (Phi) is 3.79. The zero-order valence-electron chi connectivity index (χ0n) is 10.8. The molecule has 0 spiro atoms. The number of anilines is 1. The number of nitrogens with zero attached hydrogens (tertiary/aromatic N) is 2. The summed E-state index contributed by atoms with van der Waals surface area (Å²) < 4.78 is 0. The van der Waals surface area contributed by atoms with Crippen molar-refractivity contribution < 1.29 is 9.90 Å². The van der Waals surface area contributed by atoms with Crippen molar-refractivity contribution >= 4 is 11.6 Å². The van der Waals surface area contributed by atoms with Crippen molar-refractivity contribution in [3.63, 3.8) is 0 Å². The second-order valence-electron chi connectivity index (χ2n) is 4.37. The number of benzene rings is 1. The summed E-state index contributed by atoms with van der Waals surface area (Å²) in [5, 5.41) is 18.5. The predicted molar refractivity (Wildman–Crippen MR) is 71.1 cm³/mol. The standard InChI is InChI=1S/C13H16N4O2/c1-3-8(2)9-4-5-11(18)10(6-9)16-13(19)12-14-7-15-17-12/h4-8,18H,3H2,1-2H3,(H,16,19)(H,14,15,17)/t8-/m1/s1. The summed E-state index contributed by atoms with van der Waals surface area (Å²) in [6, 6.07) is 5.21. The van der Waals surface area contributed by atoms with Gasteiger partial charge in [-0.3, -0.25) is 9.89 Å². The number of nitrogens with one attached hydrogen (secondary N) is 2. The Morgan fingerprint density at radius 1 is 1.53 bits per heavy atom. The minimum Gasteiger partial charge on any atom is -0.506 e. The van der Waals surface area contributed by atoms with Gasteiger partial charge in [0.05, 0.1) is 5.69 Å². The van der Waals surface area contributed by atoms with E-state index in [1.807, 2.05) is 6.07 Å². The highest BCUT2D eigenvalue weighted by atomic mass is 16.3. The van der Waals surface area contributed by atoms with Crippen LogP contribution in [0.5, 0.6) is 5.75 Å². The van der Waals surface area contributed by atoms with Crippen LogP contribution < -0.4 is 5.32 Å². The fourth-order valence-corrected chi connectivity index (χ4v) is 1.69. The van der Waals surface area contributed by atoms with E-state index in [0.29, 0.717) is 11.6 Å². The highest BCUT2D eigenvalue weighted by Gasteiger charge is 2.13. The smallest absolute Gasteiger partial charge is 0.293 e. The average Bonchev–Trinajstić information content (AvgIpc) is 2.94. The monoisotopic (exact) mass is 260 g/mol. The summed E-state index contributed by atoms with van der Waals surface area (Å²) in [6.07, 6.45) is 2.24. The molecule has 0 aliphatic rings. The molecule has 6 heteroatoms. The van der Waals surface area contributed by atoms with Gasteiger partial charge in [0.2, 0.25) is 5.82 Å². The SMILES string of the molecule is CC[C@@H](C)c1ccc(O)c(NC(=O)c2ncn[nH]2)c1. The lowest BCUT2D eigenvalue weighted by Gasteiger charge is -2.12. The number of hydrogen-bond acceptors (Lipinski definition) is 4. The van der Waals surface area contributed by atoms with E-state index < -0.39 is 5.91 Å². The predicted octanol–water partition coefficient (Wildman–Crippen LogP) is 2.28. The van der Waals surface area contributed by atoms with Crippen molar-refractivity contribution in [3.8, 4) is 5.75 Å². The first-order valence-corrected chi connectivity index (χ1v) is 6.11. The third-order valence-electron chi connectivity index (χ3n) is 3.08. The van der Waals surface area contributed by atoms with Crippen LogP contribution in [0.1, 0.15) is 42.4 Å². The molecule has 0 aliphatic carbocycles. The highest BCUT2D eigenvalue weighted by molar-refractivity contribution is 6.02. The Morgan fingerprint density at radius 2 is 2.32 bits per heavy atom. The maximum absolute atomic E-state index is 11.8. The highest BCUT2D eigenvalue weighted by Crippen LogP contribution is 2.29. The Bertz CT molecular complexity index is 566.